The second-order valence-corrected chi connectivity index (χ2v) is 7.32. The minimum atomic E-state index is -3.34. The van der Waals surface area contributed by atoms with Gasteiger partial charge in [-0.2, -0.15) is 0 Å². The van der Waals surface area contributed by atoms with Gasteiger partial charge in [-0.15, -0.1) is 0 Å². The van der Waals surface area contributed by atoms with Crippen LogP contribution in [0.15, 0.2) is 53.4 Å². The van der Waals surface area contributed by atoms with Crippen LogP contribution in [0.3, 0.4) is 0 Å². The van der Waals surface area contributed by atoms with E-state index in [0.717, 1.165) is 6.26 Å². The van der Waals surface area contributed by atoms with Gasteiger partial charge in [0.15, 0.2) is 16.4 Å². The molecule has 0 radical (unpaired) electrons. The number of ether oxygens (including phenoxy) is 1. The number of carbonyl (C=O) groups excluding carboxylic acids is 2. The Morgan fingerprint density at radius 1 is 1.08 bits per heavy atom. The van der Waals surface area contributed by atoms with Crippen molar-refractivity contribution >= 4 is 39.0 Å². The molecule has 0 saturated heterocycles. The van der Waals surface area contributed by atoms with Crippen LogP contribution in [0, 0.1) is 0 Å². The summed E-state index contributed by atoms with van der Waals surface area (Å²) in [4.78, 5) is 23.7. The van der Waals surface area contributed by atoms with Gasteiger partial charge in [-0.3, -0.25) is 4.79 Å². The van der Waals surface area contributed by atoms with Crippen molar-refractivity contribution in [1.82, 2.24) is 0 Å². The Morgan fingerprint density at radius 2 is 1.71 bits per heavy atom. The van der Waals surface area contributed by atoms with E-state index in [2.05, 4.69) is 5.32 Å². The number of halogens is 1. The van der Waals surface area contributed by atoms with E-state index >= 15 is 0 Å². The maximum absolute atomic E-state index is 11.9. The van der Waals surface area contributed by atoms with Crippen molar-refractivity contribution in [3.05, 3.63) is 59.1 Å². The Kier molecular flexibility index (Phi) is 5.58. The fourth-order valence-electron chi connectivity index (χ4n) is 1.80. The molecule has 0 spiro atoms. The number of amides is 1. The Labute approximate surface area is 144 Å². The predicted octanol–water partition coefficient (Wildman–Crippen LogP) is 2.54. The number of hydrogen-bond donors (Lipinski definition) is 1. The fourth-order valence-corrected chi connectivity index (χ4v) is 2.61. The largest absolute Gasteiger partial charge is 0.452 e. The summed E-state index contributed by atoms with van der Waals surface area (Å²) in [7, 11) is -3.34. The molecule has 2 aromatic carbocycles. The molecule has 0 unspecified atom stereocenters. The number of esters is 1. The van der Waals surface area contributed by atoms with Crippen molar-refractivity contribution in [3.8, 4) is 0 Å². The maximum atomic E-state index is 11.9. The highest BCUT2D eigenvalue weighted by Crippen LogP contribution is 2.20. The molecule has 0 atom stereocenters. The molecule has 2 rings (SSSR count). The van der Waals surface area contributed by atoms with E-state index in [4.69, 9.17) is 16.3 Å². The van der Waals surface area contributed by atoms with Gasteiger partial charge in [-0.1, -0.05) is 23.7 Å². The molecule has 6 nitrogen and oxygen atoms in total. The smallest absolute Gasteiger partial charge is 0.338 e. The van der Waals surface area contributed by atoms with Crippen molar-refractivity contribution in [2.75, 3.05) is 18.2 Å². The molecule has 0 heterocycles. The van der Waals surface area contributed by atoms with Gasteiger partial charge in [-0.05, 0) is 36.4 Å². The third kappa shape index (κ3) is 4.81. The van der Waals surface area contributed by atoms with Gasteiger partial charge in [0.05, 0.1) is 21.2 Å². The third-order valence-corrected chi connectivity index (χ3v) is 4.46. The highest BCUT2D eigenvalue weighted by molar-refractivity contribution is 7.90. The van der Waals surface area contributed by atoms with Gasteiger partial charge in [0.1, 0.15) is 0 Å². The lowest BCUT2D eigenvalue weighted by atomic mass is 10.2. The van der Waals surface area contributed by atoms with E-state index in [1.807, 2.05) is 0 Å². The van der Waals surface area contributed by atoms with E-state index < -0.39 is 28.3 Å². The summed E-state index contributed by atoms with van der Waals surface area (Å²) in [6.45, 7) is -0.488. The van der Waals surface area contributed by atoms with Crippen molar-refractivity contribution in [2.24, 2.45) is 0 Å². The SMILES string of the molecule is CS(=O)(=O)c1ccc(C(=O)OCC(=O)Nc2ccccc2Cl)cc1. The second-order valence-electron chi connectivity index (χ2n) is 4.90. The lowest BCUT2D eigenvalue weighted by molar-refractivity contribution is -0.119. The van der Waals surface area contributed by atoms with E-state index in [-0.39, 0.29) is 10.5 Å². The predicted molar refractivity (Wildman–Crippen MR) is 89.9 cm³/mol. The number of nitrogens with one attached hydrogen (secondary N) is 1. The first-order valence-corrected chi connectivity index (χ1v) is 9.06. The molecule has 2 aromatic rings. The lowest BCUT2D eigenvalue weighted by Crippen LogP contribution is -2.21. The normalized spacial score (nSPS) is 10.9. The first kappa shape index (κ1) is 18.0. The molecule has 0 aliphatic rings. The number of benzene rings is 2. The fraction of sp³-hybridized carbons (Fsp3) is 0.125. The topological polar surface area (TPSA) is 89.5 Å². The average molecular weight is 368 g/mol. The van der Waals surface area contributed by atoms with E-state index in [9.17, 15) is 18.0 Å². The van der Waals surface area contributed by atoms with Gasteiger partial charge >= 0.3 is 5.97 Å². The molecule has 24 heavy (non-hydrogen) atoms. The standard InChI is InChI=1S/C16H14ClNO5S/c1-24(21,22)12-8-6-11(7-9-12)16(20)23-10-15(19)18-14-5-3-2-4-13(14)17/h2-9H,10H2,1H3,(H,18,19). The van der Waals surface area contributed by atoms with Crippen molar-refractivity contribution in [2.45, 2.75) is 4.90 Å². The third-order valence-electron chi connectivity index (χ3n) is 3.00. The van der Waals surface area contributed by atoms with Crippen LogP contribution in [-0.4, -0.2) is 33.2 Å². The molecular weight excluding hydrogens is 354 g/mol. The highest BCUT2D eigenvalue weighted by Gasteiger charge is 2.13. The Hall–Kier alpha value is -2.38. The first-order valence-electron chi connectivity index (χ1n) is 6.79. The van der Waals surface area contributed by atoms with Crippen LogP contribution >= 0.6 is 11.6 Å². The monoisotopic (exact) mass is 367 g/mol. The second kappa shape index (κ2) is 7.46. The van der Waals surface area contributed by atoms with Crippen LogP contribution in [0.4, 0.5) is 5.69 Å². The van der Waals surface area contributed by atoms with E-state index in [0.29, 0.717) is 10.7 Å². The molecule has 1 N–H and O–H groups in total. The molecule has 0 bridgehead atoms. The van der Waals surface area contributed by atoms with Crippen molar-refractivity contribution < 1.29 is 22.7 Å². The molecule has 0 saturated carbocycles. The van der Waals surface area contributed by atoms with Crippen molar-refractivity contribution in [1.29, 1.82) is 0 Å². The van der Waals surface area contributed by atoms with Gasteiger partial charge < -0.3 is 10.1 Å². The number of hydrogen-bond acceptors (Lipinski definition) is 5. The summed E-state index contributed by atoms with van der Waals surface area (Å²) < 4.78 is 27.6. The Bertz CT molecular complexity index is 862. The number of sulfone groups is 1. The lowest BCUT2D eigenvalue weighted by Gasteiger charge is -2.08. The van der Waals surface area contributed by atoms with Crippen LogP contribution in [0.5, 0.6) is 0 Å². The van der Waals surface area contributed by atoms with E-state index in [1.165, 1.54) is 24.3 Å². The summed E-state index contributed by atoms with van der Waals surface area (Å²) >= 11 is 5.91. The van der Waals surface area contributed by atoms with Gasteiger partial charge in [-0.25, -0.2) is 13.2 Å². The zero-order chi connectivity index (χ0) is 17.7. The number of rotatable bonds is 5. The molecule has 126 valence electrons. The molecule has 1 amide bonds. The van der Waals surface area contributed by atoms with Gasteiger partial charge in [0.25, 0.3) is 5.91 Å². The molecule has 0 aromatic heterocycles. The van der Waals surface area contributed by atoms with Gasteiger partial charge in [0, 0.05) is 6.26 Å². The summed E-state index contributed by atoms with van der Waals surface area (Å²) in [5, 5.41) is 2.89. The Morgan fingerprint density at radius 3 is 2.29 bits per heavy atom. The summed E-state index contributed by atoms with van der Waals surface area (Å²) in [5.41, 5.74) is 0.561. The zero-order valence-corrected chi connectivity index (χ0v) is 14.2. The maximum Gasteiger partial charge on any atom is 0.338 e. The van der Waals surface area contributed by atoms with Crippen LogP contribution in [0.25, 0.3) is 0 Å². The minimum Gasteiger partial charge on any atom is -0.452 e. The molecule has 0 aliphatic heterocycles. The average Bonchev–Trinajstić information content (AvgIpc) is 2.54. The van der Waals surface area contributed by atoms with Crippen LogP contribution in [-0.2, 0) is 19.4 Å². The first-order chi connectivity index (χ1) is 11.3. The molecular formula is C16H14ClNO5S. The Balaban J connectivity index is 1.93. The summed E-state index contributed by atoms with van der Waals surface area (Å²) in [6, 6.07) is 11.9. The molecule has 8 heteroatoms. The van der Waals surface area contributed by atoms with Crippen LogP contribution < -0.4 is 5.32 Å². The number of anilines is 1. The number of carbonyl (C=O) groups is 2. The van der Waals surface area contributed by atoms with Crippen LogP contribution in [0.1, 0.15) is 10.4 Å². The van der Waals surface area contributed by atoms with Crippen LogP contribution in [0.2, 0.25) is 5.02 Å². The van der Waals surface area contributed by atoms with E-state index in [1.54, 1.807) is 24.3 Å². The number of para-hydroxylation sites is 1. The highest BCUT2D eigenvalue weighted by atomic mass is 35.5. The zero-order valence-electron chi connectivity index (χ0n) is 12.7. The quantitative estimate of drug-likeness (QED) is 0.820. The minimum absolute atomic E-state index is 0.0931. The molecule has 0 fully saturated rings. The molecule has 0 aliphatic carbocycles. The van der Waals surface area contributed by atoms with Crippen molar-refractivity contribution in [3.63, 3.8) is 0 Å². The summed E-state index contributed by atoms with van der Waals surface area (Å²) in [6.07, 6.45) is 1.07. The summed E-state index contributed by atoms with van der Waals surface area (Å²) in [5.74, 6) is -1.27. The van der Waals surface area contributed by atoms with Gasteiger partial charge in [0.2, 0.25) is 0 Å².